The molecular formula is C20H20O5. The maximum absolute atomic E-state index is 12.6. The number of ether oxygens (including phenoxy) is 2. The van der Waals surface area contributed by atoms with Crippen molar-refractivity contribution < 1.29 is 23.9 Å². The van der Waals surface area contributed by atoms with Gasteiger partial charge < -0.3 is 9.47 Å². The molecule has 5 heteroatoms. The Morgan fingerprint density at radius 3 is 2.40 bits per heavy atom. The Hall–Kier alpha value is -2.43. The summed E-state index contributed by atoms with van der Waals surface area (Å²) in [5, 5.41) is 0. The molecule has 1 aromatic carbocycles. The van der Waals surface area contributed by atoms with Crippen LogP contribution in [0.25, 0.3) is 0 Å². The summed E-state index contributed by atoms with van der Waals surface area (Å²) in [6, 6.07) is 5.37. The number of hydrogen-bond acceptors (Lipinski definition) is 5. The van der Waals surface area contributed by atoms with Gasteiger partial charge >= 0.3 is 0 Å². The molecule has 0 radical (unpaired) electrons. The van der Waals surface area contributed by atoms with Gasteiger partial charge in [0.2, 0.25) is 0 Å². The van der Waals surface area contributed by atoms with E-state index in [0.717, 1.165) is 12.0 Å². The molecule has 0 spiro atoms. The molecule has 1 fully saturated rings. The number of Topliss-reactive ketones (excluding diaryl/α,β-unsaturated/α-hetero) is 3. The van der Waals surface area contributed by atoms with Gasteiger partial charge in [-0.05, 0) is 18.9 Å². The molecule has 2 aliphatic carbocycles. The van der Waals surface area contributed by atoms with E-state index in [0.29, 0.717) is 54.9 Å². The molecule has 0 N–H and O–H groups in total. The fourth-order valence-electron chi connectivity index (χ4n) is 4.21. The van der Waals surface area contributed by atoms with Gasteiger partial charge in [-0.3, -0.25) is 14.4 Å². The molecule has 1 aromatic rings. The number of ketones is 3. The van der Waals surface area contributed by atoms with E-state index in [1.54, 1.807) is 19.2 Å². The van der Waals surface area contributed by atoms with Crippen molar-refractivity contribution in [1.82, 2.24) is 0 Å². The fraction of sp³-hybridized carbons (Fsp3) is 0.450. The van der Waals surface area contributed by atoms with Crippen molar-refractivity contribution in [3.8, 4) is 11.5 Å². The van der Waals surface area contributed by atoms with Crippen LogP contribution in [0.5, 0.6) is 11.5 Å². The van der Waals surface area contributed by atoms with Crippen LogP contribution >= 0.6 is 0 Å². The van der Waals surface area contributed by atoms with Crippen molar-refractivity contribution in [2.24, 2.45) is 5.92 Å². The van der Waals surface area contributed by atoms with Crippen LogP contribution < -0.4 is 9.47 Å². The Balaban J connectivity index is 1.89. The SMILES string of the molecule is COc1ccc2c(c1)OC1=C(C(=O)CCC1)C2C1C(=O)CCCC1=O. The molecule has 25 heavy (non-hydrogen) atoms. The Morgan fingerprint density at radius 1 is 0.960 bits per heavy atom. The monoisotopic (exact) mass is 340 g/mol. The minimum Gasteiger partial charge on any atom is -0.497 e. The summed E-state index contributed by atoms with van der Waals surface area (Å²) in [6.07, 6.45) is 3.23. The van der Waals surface area contributed by atoms with E-state index in [4.69, 9.17) is 9.47 Å². The van der Waals surface area contributed by atoms with E-state index in [2.05, 4.69) is 0 Å². The first-order chi connectivity index (χ1) is 12.1. The van der Waals surface area contributed by atoms with E-state index >= 15 is 0 Å². The van der Waals surface area contributed by atoms with E-state index in [9.17, 15) is 14.4 Å². The van der Waals surface area contributed by atoms with Gasteiger partial charge in [0, 0.05) is 48.8 Å². The summed E-state index contributed by atoms with van der Waals surface area (Å²) in [5.74, 6) is 0.445. The number of carbonyl (C=O) groups is 3. The number of hydrogen-bond donors (Lipinski definition) is 0. The van der Waals surface area contributed by atoms with Crippen molar-refractivity contribution in [2.45, 2.75) is 44.4 Å². The van der Waals surface area contributed by atoms with Gasteiger partial charge in [-0.2, -0.15) is 0 Å². The van der Waals surface area contributed by atoms with Gasteiger partial charge in [0.1, 0.15) is 28.8 Å². The number of methoxy groups -OCH3 is 1. The highest BCUT2D eigenvalue weighted by atomic mass is 16.5. The quantitative estimate of drug-likeness (QED) is 0.774. The molecule has 5 nitrogen and oxygen atoms in total. The molecule has 0 aromatic heterocycles. The summed E-state index contributed by atoms with van der Waals surface area (Å²) in [7, 11) is 1.57. The van der Waals surface area contributed by atoms with E-state index in [1.165, 1.54) is 0 Å². The predicted molar refractivity (Wildman–Crippen MR) is 89.6 cm³/mol. The predicted octanol–water partition coefficient (Wildman–Crippen LogP) is 3.12. The van der Waals surface area contributed by atoms with E-state index < -0.39 is 11.8 Å². The second-order valence-electron chi connectivity index (χ2n) is 6.86. The normalized spacial score (nSPS) is 23.9. The zero-order chi connectivity index (χ0) is 17.6. The third-order valence-electron chi connectivity index (χ3n) is 5.38. The molecule has 1 heterocycles. The van der Waals surface area contributed by atoms with Gasteiger partial charge in [0.15, 0.2) is 5.78 Å². The Labute approximate surface area is 146 Å². The topological polar surface area (TPSA) is 69.7 Å². The standard InChI is InChI=1S/C20H20O5/c1-24-11-8-9-12-17(10-11)25-16-7-3-6-15(23)20(16)18(12)19-13(21)4-2-5-14(19)22/h8-10,18-19H,2-7H2,1H3. The van der Waals surface area contributed by atoms with Crippen molar-refractivity contribution in [1.29, 1.82) is 0 Å². The highest BCUT2D eigenvalue weighted by Crippen LogP contribution is 2.49. The maximum Gasteiger partial charge on any atom is 0.162 e. The van der Waals surface area contributed by atoms with Crippen LogP contribution in [0.4, 0.5) is 0 Å². The van der Waals surface area contributed by atoms with Gasteiger partial charge in [-0.15, -0.1) is 0 Å². The van der Waals surface area contributed by atoms with Crippen LogP contribution in [0.15, 0.2) is 29.5 Å². The maximum atomic E-state index is 12.6. The van der Waals surface area contributed by atoms with Crippen LogP contribution in [0.2, 0.25) is 0 Å². The summed E-state index contributed by atoms with van der Waals surface area (Å²) in [6.45, 7) is 0. The number of carbonyl (C=O) groups excluding carboxylic acids is 3. The lowest BCUT2D eigenvalue weighted by molar-refractivity contribution is -0.136. The lowest BCUT2D eigenvalue weighted by Gasteiger charge is -2.37. The zero-order valence-electron chi connectivity index (χ0n) is 14.2. The number of rotatable bonds is 2. The highest BCUT2D eigenvalue weighted by molar-refractivity contribution is 6.08. The summed E-state index contributed by atoms with van der Waals surface area (Å²) in [4.78, 5) is 37.8. The first-order valence-electron chi connectivity index (χ1n) is 8.77. The molecule has 1 saturated carbocycles. The van der Waals surface area contributed by atoms with Gasteiger partial charge in [0.25, 0.3) is 0 Å². The van der Waals surface area contributed by atoms with E-state index in [1.807, 2.05) is 6.07 Å². The molecule has 130 valence electrons. The first-order valence-corrected chi connectivity index (χ1v) is 8.77. The fourth-order valence-corrected chi connectivity index (χ4v) is 4.21. The minimum absolute atomic E-state index is 0.00103. The second kappa shape index (κ2) is 6.14. The molecule has 0 saturated heterocycles. The van der Waals surface area contributed by atoms with Crippen LogP contribution in [0.1, 0.15) is 50.0 Å². The van der Waals surface area contributed by atoms with Crippen LogP contribution in [0.3, 0.4) is 0 Å². The lowest BCUT2D eigenvalue weighted by Crippen LogP contribution is -2.38. The second-order valence-corrected chi connectivity index (χ2v) is 6.86. The van der Waals surface area contributed by atoms with Crippen molar-refractivity contribution >= 4 is 17.3 Å². The summed E-state index contributed by atoms with van der Waals surface area (Å²) in [5.41, 5.74) is 1.28. The minimum atomic E-state index is -0.767. The van der Waals surface area contributed by atoms with Gasteiger partial charge in [-0.25, -0.2) is 0 Å². The smallest absolute Gasteiger partial charge is 0.162 e. The van der Waals surface area contributed by atoms with E-state index in [-0.39, 0.29) is 17.3 Å². The number of allylic oxidation sites excluding steroid dienone is 2. The molecule has 3 aliphatic rings. The Morgan fingerprint density at radius 2 is 1.68 bits per heavy atom. The van der Waals surface area contributed by atoms with Gasteiger partial charge in [-0.1, -0.05) is 6.07 Å². The third-order valence-corrected chi connectivity index (χ3v) is 5.38. The molecule has 0 amide bonds. The van der Waals surface area contributed by atoms with Gasteiger partial charge in [0.05, 0.1) is 13.0 Å². The lowest BCUT2D eigenvalue weighted by atomic mass is 9.68. The highest BCUT2D eigenvalue weighted by Gasteiger charge is 2.46. The number of fused-ring (bicyclic) bond motifs is 1. The first kappa shape index (κ1) is 16.1. The average Bonchev–Trinajstić information content (AvgIpc) is 2.60. The molecule has 1 unspecified atom stereocenters. The molecule has 1 aliphatic heterocycles. The van der Waals surface area contributed by atoms with Crippen LogP contribution in [0, 0.1) is 5.92 Å². The summed E-state index contributed by atoms with van der Waals surface area (Å²) < 4.78 is 11.3. The largest absolute Gasteiger partial charge is 0.497 e. The molecule has 0 bridgehead atoms. The zero-order valence-corrected chi connectivity index (χ0v) is 14.2. The van der Waals surface area contributed by atoms with Crippen molar-refractivity contribution in [2.75, 3.05) is 7.11 Å². The Kier molecular flexibility index (Phi) is 3.94. The van der Waals surface area contributed by atoms with Crippen molar-refractivity contribution in [3.05, 3.63) is 35.1 Å². The molecule has 4 rings (SSSR count). The molecule has 1 atom stereocenters. The van der Waals surface area contributed by atoms with Crippen molar-refractivity contribution in [3.63, 3.8) is 0 Å². The summed E-state index contributed by atoms with van der Waals surface area (Å²) >= 11 is 0. The van der Waals surface area contributed by atoms with Crippen LogP contribution in [-0.4, -0.2) is 24.5 Å². The van der Waals surface area contributed by atoms with Crippen LogP contribution in [-0.2, 0) is 14.4 Å². The third kappa shape index (κ3) is 2.58. The number of benzene rings is 1. The Bertz CT molecular complexity index is 788. The average molecular weight is 340 g/mol. The molecular weight excluding hydrogens is 320 g/mol.